The van der Waals surface area contributed by atoms with Crippen molar-refractivity contribution < 1.29 is 0 Å². The molecule has 0 fully saturated rings. The normalized spacial score (nSPS) is 11.6. The van der Waals surface area contributed by atoms with E-state index in [1.165, 1.54) is 12.1 Å². The Morgan fingerprint density at radius 3 is 1.06 bits per heavy atom. The van der Waals surface area contributed by atoms with Crippen molar-refractivity contribution in [2.45, 2.75) is 0 Å². The van der Waals surface area contributed by atoms with Gasteiger partial charge in [-0.05, 0) is 12.1 Å². The maximum absolute atomic E-state index is 11.6. The first-order chi connectivity index (χ1) is 8.43. The van der Waals surface area contributed by atoms with Gasteiger partial charge in [-0.2, -0.15) is 9.35 Å². The molecule has 3 rings (SSSR count). The quantitative estimate of drug-likeness (QED) is 0.416. The fourth-order valence-electron chi connectivity index (χ4n) is 2.01. The van der Waals surface area contributed by atoms with Crippen LogP contribution in [0.2, 0.25) is 0 Å². The predicted molar refractivity (Wildman–Crippen MR) is 65.2 cm³/mol. The number of fused-ring (bicyclic) bond motifs is 2. The van der Waals surface area contributed by atoms with Gasteiger partial charge < -0.3 is 11.7 Å². The molecule has 3 aromatic rings. The van der Waals surface area contributed by atoms with Crippen LogP contribution in [0.1, 0.15) is 0 Å². The zero-order chi connectivity index (χ0) is 13.2. The molecule has 4 N–H and O–H groups in total. The van der Waals surface area contributed by atoms with Crippen molar-refractivity contribution >= 4 is 21.5 Å². The smallest absolute Gasteiger partial charge is 0.280 e. The van der Waals surface area contributed by atoms with Crippen LogP contribution < -0.4 is 33.9 Å². The molecule has 2 aromatic heterocycles. The molecule has 90 valence electrons. The first-order valence-electron chi connectivity index (χ1n) is 4.88. The zero-order valence-electron chi connectivity index (χ0n) is 8.84. The van der Waals surface area contributed by atoms with E-state index in [0.29, 0.717) is 9.35 Å². The van der Waals surface area contributed by atoms with Crippen LogP contribution in [-0.4, -0.2) is 9.35 Å². The van der Waals surface area contributed by atoms with Crippen molar-refractivity contribution in [1.29, 1.82) is 0 Å². The second-order valence-corrected chi connectivity index (χ2v) is 3.90. The minimum absolute atomic E-state index is 0.00213. The molecule has 0 aliphatic heterocycles. The number of nitrogens with zero attached hydrogens (tertiary/aromatic N) is 2. The Labute approximate surface area is 96.9 Å². The van der Waals surface area contributed by atoms with Crippen molar-refractivity contribution in [3.63, 3.8) is 0 Å². The van der Waals surface area contributed by atoms with Gasteiger partial charge in [-0.1, -0.05) is 0 Å². The molecule has 0 atom stereocenters. The predicted octanol–water partition coefficient (Wildman–Crippen LogP) is -2.66. The Balaban J connectivity index is 2.78. The Hall–Kier alpha value is -2.90. The third kappa shape index (κ3) is 0.943. The molecule has 0 radical (unpaired) electrons. The number of nitrogen functional groups attached to an aromatic ring is 2. The van der Waals surface area contributed by atoms with Gasteiger partial charge in [0.15, 0.2) is 0 Å². The van der Waals surface area contributed by atoms with Crippen LogP contribution in [0, 0.1) is 0 Å². The SMILES string of the molecule is Nn1c(=O)c2cc3c(=O)n(N)c(=O)c3cc2c1=O. The molecule has 0 saturated heterocycles. The van der Waals surface area contributed by atoms with Gasteiger partial charge in [0, 0.05) is 0 Å². The summed E-state index contributed by atoms with van der Waals surface area (Å²) in [5, 5.41) is -0.00852. The molecule has 0 bridgehead atoms. The molecular weight excluding hydrogens is 240 g/mol. The van der Waals surface area contributed by atoms with Crippen molar-refractivity contribution in [2.75, 3.05) is 11.7 Å². The van der Waals surface area contributed by atoms with E-state index in [1.54, 1.807) is 0 Å². The number of aromatic nitrogens is 2. The molecule has 0 aliphatic carbocycles. The van der Waals surface area contributed by atoms with E-state index >= 15 is 0 Å². The summed E-state index contributed by atoms with van der Waals surface area (Å²) in [6, 6.07) is 2.34. The van der Waals surface area contributed by atoms with E-state index in [2.05, 4.69) is 0 Å². The summed E-state index contributed by atoms with van der Waals surface area (Å²) in [5.74, 6) is 10.5. The van der Waals surface area contributed by atoms with Crippen LogP contribution in [0.15, 0.2) is 31.3 Å². The Bertz CT molecular complexity index is 858. The minimum atomic E-state index is -0.714. The summed E-state index contributed by atoms with van der Waals surface area (Å²) in [4.78, 5) is 46.5. The molecule has 0 unspecified atom stereocenters. The Morgan fingerprint density at radius 1 is 0.611 bits per heavy atom. The molecule has 18 heavy (non-hydrogen) atoms. The first kappa shape index (κ1) is 10.3. The Kier molecular flexibility index (Phi) is 1.63. The van der Waals surface area contributed by atoms with Crippen molar-refractivity contribution in [3.8, 4) is 0 Å². The second-order valence-electron chi connectivity index (χ2n) is 3.90. The summed E-state index contributed by atoms with van der Waals surface area (Å²) in [6.07, 6.45) is 0. The summed E-state index contributed by atoms with van der Waals surface area (Å²) in [6.45, 7) is 0. The van der Waals surface area contributed by atoms with Crippen LogP contribution in [0.4, 0.5) is 0 Å². The topological polar surface area (TPSA) is 130 Å². The van der Waals surface area contributed by atoms with E-state index in [9.17, 15) is 19.2 Å². The minimum Gasteiger partial charge on any atom is -0.333 e. The van der Waals surface area contributed by atoms with Gasteiger partial charge >= 0.3 is 0 Å². The molecule has 0 amide bonds. The average Bonchev–Trinajstić information content (AvgIpc) is 2.71. The van der Waals surface area contributed by atoms with Gasteiger partial charge in [-0.15, -0.1) is 0 Å². The molecule has 0 aliphatic rings. The third-order valence-electron chi connectivity index (χ3n) is 2.95. The number of hydrogen-bond acceptors (Lipinski definition) is 6. The lowest BCUT2D eigenvalue weighted by atomic mass is 10.1. The first-order valence-corrected chi connectivity index (χ1v) is 4.88. The van der Waals surface area contributed by atoms with Gasteiger partial charge in [0.05, 0.1) is 21.5 Å². The van der Waals surface area contributed by atoms with Crippen molar-refractivity contribution in [2.24, 2.45) is 0 Å². The average molecular weight is 246 g/mol. The summed E-state index contributed by atoms with van der Waals surface area (Å²) >= 11 is 0. The second kappa shape index (κ2) is 2.86. The molecule has 0 spiro atoms. The fourth-order valence-corrected chi connectivity index (χ4v) is 2.01. The number of nitrogens with two attached hydrogens (primary N) is 2. The monoisotopic (exact) mass is 246 g/mol. The highest BCUT2D eigenvalue weighted by Gasteiger charge is 2.17. The zero-order valence-corrected chi connectivity index (χ0v) is 8.84. The highest BCUT2D eigenvalue weighted by atomic mass is 16.2. The lowest BCUT2D eigenvalue weighted by Gasteiger charge is -1.86. The van der Waals surface area contributed by atoms with Crippen LogP contribution in [0.5, 0.6) is 0 Å². The summed E-state index contributed by atoms with van der Waals surface area (Å²) in [5.41, 5.74) is -2.86. The lowest BCUT2D eigenvalue weighted by Crippen LogP contribution is -2.33. The highest BCUT2D eigenvalue weighted by Crippen LogP contribution is 2.13. The maximum Gasteiger partial charge on any atom is 0.280 e. The van der Waals surface area contributed by atoms with Crippen LogP contribution in [0.25, 0.3) is 21.5 Å². The fraction of sp³-hybridized carbons (Fsp3) is 0. The largest absolute Gasteiger partial charge is 0.333 e. The molecule has 8 nitrogen and oxygen atoms in total. The van der Waals surface area contributed by atoms with Crippen molar-refractivity contribution in [3.05, 3.63) is 53.5 Å². The van der Waals surface area contributed by atoms with Gasteiger partial charge in [0.2, 0.25) is 0 Å². The van der Waals surface area contributed by atoms with Gasteiger partial charge in [-0.25, -0.2) is 0 Å². The van der Waals surface area contributed by atoms with Gasteiger partial charge in [0.25, 0.3) is 22.2 Å². The summed E-state index contributed by atoms with van der Waals surface area (Å²) in [7, 11) is 0. The van der Waals surface area contributed by atoms with E-state index < -0.39 is 22.2 Å². The Morgan fingerprint density at radius 2 is 0.833 bits per heavy atom. The molecule has 8 heteroatoms. The maximum atomic E-state index is 11.6. The summed E-state index contributed by atoms with van der Waals surface area (Å²) < 4.78 is 0.879. The standard InChI is InChI=1S/C10H6N4O4/c11-13-7(15)3-1-4-6(2-5(3)9(13)17)10(18)14(12)8(4)16/h1-2H,11-12H2. The van der Waals surface area contributed by atoms with E-state index in [0.717, 1.165) is 0 Å². The van der Waals surface area contributed by atoms with E-state index in [1.807, 2.05) is 0 Å². The molecular formula is C10H6N4O4. The van der Waals surface area contributed by atoms with Gasteiger partial charge in [0.1, 0.15) is 0 Å². The van der Waals surface area contributed by atoms with Crippen LogP contribution in [-0.2, 0) is 0 Å². The van der Waals surface area contributed by atoms with Gasteiger partial charge in [-0.3, -0.25) is 19.2 Å². The van der Waals surface area contributed by atoms with Crippen LogP contribution in [0.3, 0.4) is 0 Å². The molecule has 2 heterocycles. The third-order valence-corrected chi connectivity index (χ3v) is 2.95. The molecule has 0 saturated carbocycles. The molecule has 1 aromatic carbocycles. The van der Waals surface area contributed by atoms with E-state index in [-0.39, 0.29) is 21.5 Å². The van der Waals surface area contributed by atoms with Crippen LogP contribution >= 0.6 is 0 Å². The van der Waals surface area contributed by atoms with E-state index in [4.69, 9.17) is 11.7 Å². The number of rotatable bonds is 0. The van der Waals surface area contributed by atoms with Crippen molar-refractivity contribution in [1.82, 2.24) is 9.35 Å². The number of benzene rings is 1. The number of hydrogen-bond donors (Lipinski definition) is 2. The lowest BCUT2D eigenvalue weighted by molar-refractivity contribution is 0.933. The highest BCUT2D eigenvalue weighted by molar-refractivity contribution is 5.97.